The molecule has 1 rings (SSSR count). The lowest BCUT2D eigenvalue weighted by molar-refractivity contribution is -0.135. The van der Waals surface area contributed by atoms with Crippen LogP contribution in [-0.2, 0) is 4.79 Å². The lowest BCUT2D eigenvalue weighted by Crippen LogP contribution is -2.43. The van der Waals surface area contributed by atoms with E-state index in [1.54, 1.807) is 14.1 Å². The number of carbonyl (C=O) groups is 1. The van der Waals surface area contributed by atoms with Crippen molar-refractivity contribution in [2.45, 2.75) is 57.2 Å². The number of guanidine groups is 1. The maximum atomic E-state index is 12.1. The molecule has 0 bridgehead atoms. The van der Waals surface area contributed by atoms with Crippen LogP contribution in [0.25, 0.3) is 0 Å². The van der Waals surface area contributed by atoms with Gasteiger partial charge < -0.3 is 15.5 Å². The fraction of sp³-hybridized carbons (Fsp3) is 0.867. The molecule has 0 spiro atoms. The molecule has 1 aliphatic rings. The zero-order valence-corrected chi connectivity index (χ0v) is 16.6. The molecule has 0 unspecified atom stereocenters. The molecule has 0 saturated heterocycles. The Kier molecular flexibility index (Phi) is 11.4. The van der Waals surface area contributed by atoms with Crippen LogP contribution in [0.2, 0.25) is 0 Å². The number of hydrogen-bond acceptors (Lipinski definition) is 2. The first kappa shape index (κ1) is 23.3. The zero-order chi connectivity index (χ0) is 17.3. The van der Waals surface area contributed by atoms with E-state index in [0.717, 1.165) is 25.7 Å². The molecule has 0 aromatic rings. The Hall–Kier alpha value is -0.740. The van der Waals surface area contributed by atoms with E-state index in [1.165, 1.54) is 4.90 Å². The number of amides is 1. The lowest BCUT2D eigenvalue weighted by Gasteiger charge is -2.18. The highest BCUT2D eigenvalue weighted by Gasteiger charge is 2.25. The molecule has 0 heterocycles. The quantitative estimate of drug-likeness (QED) is 0.264. The molecule has 24 heavy (non-hydrogen) atoms. The predicted octanol–water partition coefficient (Wildman–Crippen LogP) is 2.90. The summed E-state index contributed by atoms with van der Waals surface area (Å²) in [6.45, 7) is 0.433. The van der Waals surface area contributed by atoms with Crippen LogP contribution >= 0.6 is 24.0 Å². The van der Waals surface area contributed by atoms with Crippen LogP contribution < -0.4 is 10.6 Å². The van der Waals surface area contributed by atoms with Crippen molar-refractivity contribution in [1.82, 2.24) is 15.5 Å². The van der Waals surface area contributed by atoms with E-state index >= 15 is 0 Å². The molecule has 1 saturated carbocycles. The van der Waals surface area contributed by atoms with Crippen molar-refractivity contribution in [2.75, 3.05) is 27.2 Å². The number of carbonyl (C=O) groups excluding carboxylic acids is 1. The Bertz CT molecular complexity index is 397. The van der Waals surface area contributed by atoms with Gasteiger partial charge >= 0.3 is 6.18 Å². The van der Waals surface area contributed by atoms with Gasteiger partial charge in [-0.3, -0.25) is 4.79 Å². The first-order valence-electron chi connectivity index (χ1n) is 8.09. The Morgan fingerprint density at radius 1 is 1.21 bits per heavy atom. The van der Waals surface area contributed by atoms with Gasteiger partial charge in [0.15, 0.2) is 5.96 Å². The van der Waals surface area contributed by atoms with Crippen LogP contribution in [-0.4, -0.2) is 56.2 Å². The normalized spacial score (nSPS) is 15.8. The maximum Gasteiger partial charge on any atom is 0.389 e. The van der Waals surface area contributed by atoms with Crippen LogP contribution in [0.5, 0.6) is 0 Å². The molecule has 2 N–H and O–H groups in total. The van der Waals surface area contributed by atoms with Gasteiger partial charge in [0.05, 0.1) is 0 Å². The summed E-state index contributed by atoms with van der Waals surface area (Å²) < 4.78 is 36.3. The van der Waals surface area contributed by atoms with Gasteiger partial charge in [-0.05, 0) is 25.7 Å². The van der Waals surface area contributed by atoms with E-state index in [1.807, 2.05) is 0 Å². The fourth-order valence-corrected chi connectivity index (χ4v) is 2.36. The summed E-state index contributed by atoms with van der Waals surface area (Å²) in [4.78, 5) is 17.3. The molecule has 1 aliphatic carbocycles. The van der Waals surface area contributed by atoms with E-state index in [-0.39, 0.29) is 42.8 Å². The molecule has 0 aliphatic heterocycles. The van der Waals surface area contributed by atoms with E-state index in [4.69, 9.17) is 0 Å². The third-order valence-corrected chi connectivity index (χ3v) is 3.75. The van der Waals surface area contributed by atoms with E-state index in [0.29, 0.717) is 25.0 Å². The smallest absolute Gasteiger partial charge is 0.356 e. The Labute approximate surface area is 158 Å². The van der Waals surface area contributed by atoms with Crippen LogP contribution in [0.1, 0.15) is 44.9 Å². The molecule has 5 nitrogen and oxygen atoms in total. The average molecular weight is 464 g/mol. The summed E-state index contributed by atoms with van der Waals surface area (Å²) in [5.41, 5.74) is 0. The van der Waals surface area contributed by atoms with Gasteiger partial charge in [0.25, 0.3) is 0 Å². The van der Waals surface area contributed by atoms with Crippen molar-refractivity contribution in [2.24, 2.45) is 4.99 Å². The highest BCUT2D eigenvalue weighted by atomic mass is 127. The summed E-state index contributed by atoms with van der Waals surface area (Å²) in [5, 5.41) is 6.29. The number of aliphatic imine (C=N–C) groups is 1. The van der Waals surface area contributed by atoms with Crippen LogP contribution in [0, 0.1) is 0 Å². The first-order valence-corrected chi connectivity index (χ1v) is 8.09. The minimum atomic E-state index is -4.10. The molecule has 1 amide bonds. The largest absolute Gasteiger partial charge is 0.389 e. The zero-order valence-electron chi connectivity index (χ0n) is 14.3. The minimum Gasteiger partial charge on any atom is -0.356 e. The number of likely N-dealkylation sites (N-methyl/N-ethyl adjacent to an activating group) is 1. The Morgan fingerprint density at radius 2 is 1.83 bits per heavy atom. The number of hydrogen-bond donors (Lipinski definition) is 2. The van der Waals surface area contributed by atoms with E-state index < -0.39 is 12.6 Å². The third-order valence-electron chi connectivity index (χ3n) is 3.75. The van der Waals surface area contributed by atoms with Crippen molar-refractivity contribution < 1.29 is 18.0 Å². The standard InChI is InChI=1S/C15H27F3N4O.HI/c1-22(2)13(23)11-20-14(21-12-7-3-4-8-12)19-10-6-5-9-15(16,17)18;/h12H,3-11H2,1-2H3,(H2,19,20,21);1H. The fourth-order valence-electron chi connectivity index (χ4n) is 2.36. The van der Waals surface area contributed by atoms with Crippen LogP contribution in [0.4, 0.5) is 13.2 Å². The summed E-state index contributed by atoms with van der Waals surface area (Å²) >= 11 is 0. The van der Waals surface area contributed by atoms with Gasteiger partial charge in [0.2, 0.25) is 5.91 Å². The van der Waals surface area contributed by atoms with Gasteiger partial charge in [-0.25, -0.2) is 4.99 Å². The van der Waals surface area contributed by atoms with Crippen molar-refractivity contribution in [1.29, 1.82) is 0 Å². The third kappa shape index (κ3) is 10.9. The van der Waals surface area contributed by atoms with E-state index in [2.05, 4.69) is 15.6 Å². The molecule has 1 fully saturated rings. The molecule has 9 heteroatoms. The number of nitrogens with one attached hydrogen (secondary N) is 2. The molecule has 0 aromatic carbocycles. The van der Waals surface area contributed by atoms with Crippen LogP contribution in [0.3, 0.4) is 0 Å². The summed E-state index contributed by atoms with van der Waals surface area (Å²) in [5.74, 6) is 0.397. The molecule has 142 valence electrons. The second-order valence-electron chi connectivity index (χ2n) is 6.08. The number of rotatable bonds is 7. The molecule has 0 radical (unpaired) electrons. The lowest BCUT2D eigenvalue weighted by atomic mass is 10.2. The predicted molar refractivity (Wildman–Crippen MR) is 99.7 cm³/mol. The van der Waals surface area contributed by atoms with Gasteiger partial charge in [0.1, 0.15) is 6.54 Å². The average Bonchev–Trinajstić information content (AvgIpc) is 2.95. The number of unbranched alkanes of at least 4 members (excludes halogenated alkanes) is 1. The number of alkyl halides is 3. The van der Waals surface area contributed by atoms with Crippen molar-refractivity contribution in [3.8, 4) is 0 Å². The summed E-state index contributed by atoms with van der Waals surface area (Å²) in [6.07, 6.45) is 0.0525. The SMILES string of the molecule is CN(C)C(=O)CN=C(NCCCCC(F)(F)F)NC1CCCC1.I. The second kappa shape index (κ2) is 11.8. The highest BCUT2D eigenvalue weighted by molar-refractivity contribution is 14.0. The summed E-state index contributed by atoms with van der Waals surface area (Å²) in [6, 6.07) is 0.325. The monoisotopic (exact) mass is 464 g/mol. The number of halogens is 4. The Morgan fingerprint density at radius 3 is 2.38 bits per heavy atom. The second-order valence-corrected chi connectivity index (χ2v) is 6.08. The Balaban J connectivity index is 0.00000529. The summed E-state index contributed by atoms with van der Waals surface area (Å²) in [7, 11) is 3.32. The van der Waals surface area contributed by atoms with Gasteiger partial charge in [-0.15, -0.1) is 24.0 Å². The van der Waals surface area contributed by atoms with Gasteiger partial charge in [0, 0.05) is 33.1 Å². The van der Waals surface area contributed by atoms with Crippen molar-refractivity contribution in [3.63, 3.8) is 0 Å². The molecular weight excluding hydrogens is 436 g/mol. The number of nitrogens with zero attached hydrogens (tertiary/aromatic N) is 2. The molecule has 0 aromatic heterocycles. The molecular formula is C15H28F3IN4O. The maximum absolute atomic E-state index is 12.1. The first-order chi connectivity index (χ1) is 10.8. The van der Waals surface area contributed by atoms with Gasteiger partial charge in [-0.1, -0.05) is 12.8 Å². The molecule has 0 atom stereocenters. The highest BCUT2D eigenvalue weighted by Crippen LogP contribution is 2.21. The topological polar surface area (TPSA) is 56.7 Å². The minimum absolute atomic E-state index is 0. The van der Waals surface area contributed by atoms with Crippen molar-refractivity contribution in [3.05, 3.63) is 0 Å². The van der Waals surface area contributed by atoms with Crippen molar-refractivity contribution >= 4 is 35.8 Å². The van der Waals surface area contributed by atoms with Crippen LogP contribution in [0.15, 0.2) is 4.99 Å². The van der Waals surface area contributed by atoms with Gasteiger partial charge in [-0.2, -0.15) is 13.2 Å². The van der Waals surface area contributed by atoms with E-state index in [9.17, 15) is 18.0 Å².